The fourth-order valence-corrected chi connectivity index (χ4v) is 5.00. The van der Waals surface area contributed by atoms with E-state index in [-0.39, 0.29) is 17.2 Å². The van der Waals surface area contributed by atoms with Crippen molar-refractivity contribution < 1.29 is 18.0 Å². The number of anilines is 2. The molecule has 1 fully saturated rings. The highest BCUT2D eigenvalue weighted by molar-refractivity contribution is 6.00. The molecule has 0 radical (unpaired) electrons. The Morgan fingerprint density at radius 3 is 2.39 bits per heavy atom. The Balaban J connectivity index is 1.26. The molecule has 4 aromatic rings. The number of rotatable bonds is 5. The molecule has 2 N–H and O–H groups in total. The molecule has 0 atom stereocenters. The summed E-state index contributed by atoms with van der Waals surface area (Å²) >= 11 is 0. The number of fused-ring (bicyclic) bond motifs is 1. The first-order valence-corrected chi connectivity index (χ1v) is 12.5. The standard InChI is InChI=1S/C28H29F3N6O/c1-36-13-10-18(11-14-36)15-20-5-8-22(16-25(20)28(29,30)31)35-27(38)34-21-6-3-19(4-7-21)23-9-12-32-26-24(23)17-33-37(26)2/h3-9,12,16-18H,10-11,13-15H2,1-2H3,(H2,34,35,38). The van der Waals surface area contributed by atoms with E-state index in [1.54, 1.807) is 29.2 Å². The van der Waals surface area contributed by atoms with E-state index in [0.717, 1.165) is 54.2 Å². The second-order valence-electron chi connectivity index (χ2n) is 9.84. The van der Waals surface area contributed by atoms with Crippen LogP contribution in [0.3, 0.4) is 0 Å². The highest BCUT2D eigenvalue weighted by atomic mass is 19.4. The van der Waals surface area contributed by atoms with Crippen molar-refractivity contribution in [1.29, 1.82) is 0 Å². The van der Waals surface area contributed by atoms with Crippen LogP contribution < -0.4 is 10.6 Å². The van der Waals surface area contributed by atoms with Gasteiger partial charge < -0.3 is 15.5 Å². The highest BCUT2D eigenvalue weighted by Gasteiger charge is 2.34. The summed E-state index contributed by atoms with van der Waals surface area (Å²) in [6.07, 6.45) is 1.10. The average Bonchev–Trinajstić information content (AvgIpc) is 3.27. The number of alkyl halides is 3. The quantitative estimate of drug-likeness (QED) is 0.328. The molecule has 1 aliphatic rings. The van der Waals surface area contributed by atoms with E-state index in [1.807, 2.05) is 32.3 Å². The molecule has 2 aromatic carbocycles. The molecule has 2 aromatic heterocycles. The zero-order chi connectivity index (χ0) is 26.9. The van der Waals surface area contributed by atoms with Gasteiger partial charge in [0.2, 0.25) is 0 Å². The maximum absolute atomic E-state index is 13.9. The van der Waals surface area contributed by atoms with Crippen LogP contribution in [0.25, 0.3) is 22.2 Å². The summed E-state index contributed by atoms with van der Waals surface area (Å²) < 4.78 is 43.3. The molecule has 0 bridgehead atoms. The lowest BCUT2D eigenvalue weighted by molar-refractivity contribution is -0.138. The number of urea groups is 1. The number of halogens is 3. The van der Waals surface area contributed by atoms with Gasteiger partial charge in [-0.25, -0.2) is 9.78 Å². The molecule has 38 heavy (non-hydrogen) atoms. The molecule has 0 aliphatic carbocycles. The lowest BCUT2D eigenvalue weighted by Gasteiger charge is -2.29. The van der Waals surface area contributed by atoms with Crippen molar-refractivity contribution in [2.45, 2.75) is 25.4 Å². The summed E-state index contributed by atoms with van der Waals surface area (Å²) in [4.78, 5) is 19.1. The Labute approximate surface area is 218 Å². The van der Waals surface area contributed by atoms with Crippen LogP contribution in [-0.2, 0) is 19.6 Å². The van der Waals surface area contributed by atoms with E-state index in [9.17, 15) is 18.0 Å². The molecule has 0 saturated carbocycles. The van der Waals surface area contributed by atoms with Crippen molar-refractivity contribution in [2.75, 3.05) is 30.8 Å². The largest absolute Gasteiger partial charge is 0.416 e. The minimum Gasteiger partial charge on any atom is -0.308 e. The monoisotopic (exact) mass is 522 g/mol. The van der Waals surface area contributed by atoms with Crippen molar-refractivity contribution in [2.24, 2.45) is 13.0 Å². The number of nitrogens with one attached hydrogen (secondary N) is 2. The molecular formula is C28H29F3N6O. The highest BCUT2D eigenvalue weighted by Crippen LogP contribution is 2.36. The Hall–Kier alpha value is -3.92. The molecule has 1 saturated heterocycles. The van der Waals surface area contributed by atoms with Crippen LogP contribution in [0.15, 0.2) is 60.9 Å². The number of amides is 2. The summed E-state index contributed by atoms with van der Waals surface area (Å²) in [6.45, 7) is 1.78. The number of pyridine rings is 1. The Morgan fingerprint density at radius 2 is 1.68 bits per heavy atom. The molecule has 2 amide bonds. The third-order valence-electron chi connectivity index (χ3n) is 7.11. The summed E-state index contributed by atoms with van der Waals surface area (Å²) in [5, 5.41) is 10.4. The molecule has 1 aliphatic heterocycles. The van der Waals surface area contributed by atoms with Crippen molar-refractivity contribution in [1.82, 2.24) is 19.7 Å². The fraction of sp³-hybridized carbons (Fsp3) is 0.321. The number of aromatic nitrogens is 3. The van der Waals surface area contributed by atoms with Gasteiger partial charge in [0.1, 0.15) is 0 Å². The van der Waals surface area contributed by atoms with Crippen LogP contribution in [0.2, 0.25) is 0 Å². The minimum absolute atomic E-state index is 0.0920. The topological polar surface area (TPSA) is 75.1 Å². The molecule has 7 nitrogen and oxygen atoms in total. The van der Waals surface area contributed by atoms with E-state index >= 15 is 0 Å². The van der Waals surface area contributed by atoms with Gasteiger partial charge in [-0.05, 0) is 92.3 Å². The second kappa shape index (κ2) is 10.4. The number of piperidine rings is 1. The number of carbonyl (C=O) groups excluding carboxylic acids is 1. The number of hydrogen-bond acceptors (Lipinski definition) is 4. The molecule has 198 valence electrons. The zero-order valence-corrected chi connectivity index (χ0v) is 21.2. The van der Waals surface area contributed by atoms with Gasteiger partial charge >= 0.3 is 12.2 Å². The van der Waals surface area contributed by atoms with Crippen molar-refractivity contribution in [3.05, 3.63) is 72.1 Å². The van der Waals surface area contributed by atoms with Gasteiger partial charge in [-0.3, -0.25) is 4.68 Å². The number of benzene rings is 2. The van der Waals surface area contributed by atoms with E-state index in [4.69, 9.17) is 0 Å². The average molecular weight is 523 g/mol. The van der Waals surface area contributed by atoms with Gasteiger partial charge in [-0.2, -0.15) is 18.3 Å². The fourth-order valence-electron chi connectivity index (χ4n) is 5.00. The third-order valence-corrected chi connectivity index (χ3v) is 7.11. The maximum Gasteiger partial charge on any atom is 0.416 e. The molecule has 0 spiro atoms. The smallest absolute Gasteiger partial charge is 0.308 e. The molecule has 3 heterocycles. The van der Waals surface area contributed by atoms with Crippen molar-refractivity contribution in [3.63, 3.8) is 0 Å². The Bertz CT molecular complexity index is 1440. The molecule has 10 heteroatoms. The Morgan fingerprint density at radius 1 is 1.00 bits per heavy atom. The normalized spacial score (nSPS) is 15.1. The van der Waals surface area contributed by atoms with E-state index < -0.39 is 17.8 Å². The number of hydrogen-bond donors (Lipinski definition) is 2. The van der Waals surface area contributed by atoms with Crippen LogP contribution in [0.1, 0.15) is 24.0 Å². The van der Waals surface area contributed by atoms with Gasteiger partial charge in [0.15, 0.2) is 5.65 Å². The molecule has 5 rings (SSSR count). The van der Waals surface area contributed by atoms with Gasteiger partial charge in [-0.1, -0.05) is 18.2 Å². The first kappa shape index (κ1) is 25.7. The minimum atomic E-state index is -4.50. The molecule has 0 unspecified atom stereocenters. The summed E-state index contributed by atoms with van der Waals surface area (Å²) in [6, 6.07) is 12.5. The van der Waals surface area contributed by atoms with Crippen molar-refractivity contribution in [3.8, 4) is 11.1 Å². The first-order valence-electron chi connectivity index (χ1n) is 12.5. The SMILES string of the molecule is CN1CCC(Cc2ccc(NC(=O)Nc3ccc(-c4ccnc5c4cnn5C)cc3)cc2C(F)(F)F)CC1. The molecular weight excluding hydrogens is 493 g/mol. The van der Waals surface area contributed by atoms with Crippen LogP contribution in [0.4, 0.5) is 29.3 Å². The predicted octanol–water partition coefficient (Wildman–Crippen LogP) is 6.18. The van der Waals surface area contributed by atoms with E-state index in [0.29, 0.717) is 12.1 Å². The number of nitrogens with zero attached hydrogens (tertiary/aromatic N) is 4. The van der Waals surface area contributed by atoms with Gasteiger partial charge in [0.25, 0.3) is 0 Å². The van der Waals surface area contributed by atoms with Gasteiger partial charge in [0.05, 0.1) is 11.8 Å². The van der Waals surface area contributed by atoms with Crippen molar-refractivity contribution >= 4 is 28.4 Å². The van der Waals surface area contributed by atoms with E-state index in [2.05, 4.69) is 25.6 Å². The van der Waals surface area contributed by atoms with E-state index in [1.165, 1.54) is 12.1 Å². The summed E-state index contributed by atoms with van der Waals surface area (Å²) in [5.41, 5.74) is 2.82. The predicted molar refractivity (Wildman–Crippen MR) is 142 cm³/mol. The van der Waals surface area contributed by atoms with Crippen LogP contribution in [0, 0.1) is 5.92 Å². The zero-order valence-electron chi connectivity index (χ0n) is 21.2. The third kappa shape index (κ3) is 5.65. The van der Waals surface area contributed by atoms with Gasteiger partial charge in [0, 0.05) is 30.0 Å². The number of aryl methyl sites for hydroxylation is 1. The van der Waals surface area contributed by atoms with Crippen LogP contribution in [0.5, 0.6) is 0 Å². The number of likely N-dealkylation sites (tertiary alicyclic amines) is 1. The first-order chi connectivity index (χ1) is 18.2. The maximum atomic E-state index is 13.9. The second-order valence-corrected chi connectivity index (χ2v) is 9.84. The summed E-state index contributed by atoms with van der Waals surface area (Å²) in [7, 11) is 3.85. The number of carbonyl (C=O) groups is 1. The van der Waals surface area contributed by atoms with Crippen LogP contribution in [-0.4, -0.2) is 45.8 Å². The Kier molecular flexibility index (Phi) is 7.07. The lowest BCUT2D eigenvalue weighted by atomic mass is 9.88. The lowest BCUT2D eigenvalue weighted by Crippen LogP contribution is -2.31. The van der Waals surface area contributed by atoms with Crippen LogP contribution >= 0.6 is 0 Å². The summed E-state index contributed by atoms with van der Waals surface area (Å²) in [5.74, 6) is 0.221. The van der Waals surface area contributed by atoms with Gasteiger partial charge in [-0.15, -0.1) is 0 Å².